The van der Waals surface area contributed by atoms with Gasteiger partial charge in [-0.2, -0.15) is 0 Å². The second kappa shape index (κ2) is 7.83. The summed E-state index contributed by atoms with van der Waals surface area (Å²) in [4.78, 5) is 14.0. The molecule has 5 heteroatoms. The maximum absolute atomic E-state index is 12.1. The van der Waals surface area contributed by atoms with Gasteiger partial charge in [0.25, 0.3) is 0 Å². The third kappa shape index (κ3) is 4.34. The van der Waals surface area contributed by atoms with E-state index in [1.54, 1.807) is 0 Å². The fourth-order valence-corrected chi connectivity index (χ4v) is 2.86. The number of amides is 1. The summed E-state index contributed by atoms with van der Waals surface area (Å²) < 4.78 is 6.82. The number of ether oxygens (including phenoxy) is 1. The average Bonchev–Trinajstić information content (AvgIpc) is 2.94. The number of rotatable bonds is 6. The molecule has 2 rings (SSSR count). The first-order valence-electron chi connectivity index (χ1n) is 7.08. The molecule has 1 amide bonds. The molecule has 1 unspecified atom stereocenters. The minimum Gasteiger partial charge on any atom is -0.494 e. The molecule has 1 aromatic rings. The van der Waals surface area contributed by atoms with E-state index in [4.69, 9.17) is 10.5 Å². The molecule has 0 radical (unpaired) electrons. The highest BCUT2D eigenvalue weighted by molar-refractivity contribution is 14.1. The molecule has 1 saturated heterocycles. The van der Waals surface area contributed by atoms with Crippen LogP contribution in [0.1, 0.15) is 25.7 Å². The van der Waals surface area contributed by atoms with Crippen molar-refractivity contribution in [3.05, 3.63) is 27.8 Å². The Kier molecular flexibility index (Phi) is 6.09. The molecule has 1 aromatic carbocycles. The van der Waals surface area contributed by atoms with Crippen LogP contribution in [0.2, 0.25) is 0 Å². The summed E-state index contributed by atoms with van der Waals surface area (Å²) in [5.41, 5.74) is 5.69. The van der Waals surface area contributed by atoms with Crippen LogP contribution in [-0.4, -0.2) is 36.5 Å². The number of carbonyl (C=O) groups excluding carboxylic acids is 1. The molecule has 1 heterocycles. The molecule has 2 N–H and O–H groups in total. The molecule has 1 aliphatic heterocycles. The van der Waals surface area contributed by atoms with Crippen molar-refractivity contribution in [2.75, 3.05) is 19.7 Å². The van der Waals surface area contributed by atoms with Crippen molar-refractivity contribution in [3.8, 4) is 5.75 Å². The highest BCUT2D eigenvalue weighted by atomic mass is 127. The molecule has 20 heavy (non-hydrogen) atoms. The maximum atomic E-state index is 12.1. The van der Waals surface area contributed by atoms with Gasteiger partial charge in [-0.3, -0.25) is 4.79 Å². The molecular weight excluding hydrogens is 367 g/mol. The first kappa shape index (κ1) is 15.6. The van der Waals surface area contributed by atoms with Crippen LogP contribution in [-0.2, 0) is 4.79 Å². The normalized spacial score (nSPS) is 18.3. The lowest BCUT2D eigenvalue weighted by atomic mass is 10.2. The van der Waals surface area contributed by atoms with E-state index in [2.05, 4.69) is 22.6 Å². The van der Waals surface area contributed by atoms with Crippen molar-refractivity contribution >= 4 is 28.5 Å². The Balaban J connectivity index is 1.68. The molecule has 0 bridgehead atoms. The van der Waals surface area contributed by atoms with E-state index >= 15 is 0 Å². The minimum atomic E-state index is 0.212. The molecule has 1 fully saturated rings. The molecule has 0 spiro atoms. The summed E-state index contributed by atoms with van der Waals surface area (Å²) in [6.45, 7) is 2.01. The predicted octanol–water partition coefficient (Wildman–Crippen LogP) is 2.40. The van der Waals surface area contributed by atoms with E-state index in [9.17, 15) is 4.79 Å². The largest absolute Gasteiger partial charge is 0.494 e. The molecule has 1 atom stereocenters. The van der Waals surface area contributed by atoms with Gasteiger partial charge < -0.3 is 15.4 Å². The van der Waals surface area contributed by atoms with E-state index in [0.717, 1.165) is 31.6 Å². The first-order chi connectivity index (χ1) is 9.70. The monoisotopic (exact) mass is 388 g/mol. The van der Waals surface area contributed by atoms with Gasteiger partial charge in [0.1, 0.15) is 5.75 Å². The van der Waals surface area contributed by atoms with Gasteiger partial charge in [-0.1, -0.05) is 0 Å². The van der Waals surface area contributed by atoms with Gasteiger partial charge in [0, 0.05) is 29.1 Å². The third-order valence-electron chi connectivity index (χ3n) is 3.59. The molecule has 4 nitrogen and oxygen atoms in total. The number of hydrogen-bond donors (Lipinski definition) is 1. The van der Waals surface area contributed by atoms with Crippen LogP contribution in [0.15, 0.2) is 24.3 Å². The van der Waals surface area contributed by atoms with Crippen LogP contribution in [0.4, 0.5) is 0 Å². The Labute approximate surface area is 133 Å². The summed E-state index contributed by atoms with van der Waals surface area (Å²) in [7, 11) is 0. The lowest BCUT2D eigenvalue weighted by Gasteiger charge is -2.23. The van der Waals surface area contributed by atoms with Crippen LogP contribution in [0.3, 0.4) is 0 Å². The molecule has 0 aromatic heterocycles. The summed E-state index contributed by atoms with van der Waals surface area (Å²) >= 11 is 2.26. The zero-order valence-electron chi connectivity index (χ0n) is 11.6. The molecular formula is C15H21IN2O2. The number of halogens is 1. The fraction of sp³-hybridized carbons (Fsp3) is 0.533. The van der Waals surface area contributed by atoms with Crippen molar-refractivity contribution in [3.63, 3.8) is 0 Å². The van der Waals surface area contributed by atoms with Crippen LogP contribution in [0, 0.1) is 3.57 Å². The lowest BCUT2D eigenvalue weighted by Crippen LogP contribution is -2.39. The Morgan fingerprint density at radius 3 is 2.85 bits per heavy atom. The van der Waals surface area contributed by atoms with Crippen LogP contribution >= 0.6 is 22.6 Å². The standard InChI is InChI=1S/C15H21IN2O2/c16-12-5-7-14(8-6-12)20-10-2-4-15(19)18-9-1-3-13(18)11-17/h5-8,13H,1-4,9-11,17H2. The minimum absolute atomic E-state index is 0.212. The second-order valence-electron chi connectivity index (χ2n) is 5.02. The van der Waals surface area contributed by atoms with Gasteiger partial charge in [-0.05, 0) is 66.1 Å². The molecule has 0 saturated carbocycles. The van der Waals surface area contributed by atoms with E-state index in [1.165, 1.54) is 3.57 Å². The zero-order valence-corrected chi connectivity index (χ0v) is 13.7. The van der Waals surface area contributed by atoms with Gasteiger partial charge in [-0.25, -0.2) is 0 Å². The fourth-order valence-electron chi connectivity index (χ4n) is 2.50. The van der Waals surface area contributed by atoms with Gasteiger partial charge in [0.15, 0.2) is 0 Å². The highest BCUT2D eigenvalue weighted by Crippen LogP contribution is 2.18. The first-order valence-corrected chi connectivity index (χ1v) is 8.16. The molecule has 110 valence electrons. The van der Waals surface area contributed by atoms with E-state index in [1.807, 2.05) is 29.2 Å². The highest BCUT2D eigenvalue weighted by Gasteiger charge is 2.26. The van der Waals surface area contributed by atoms with Crippen molar-refractivity contribution < 1.29 is 9.53 Å². The Bertz CT molecular complexity index is 436. The van der Waals surface area contributed by atoms with Crippen molar-refractivity contribution in [2.45, 2.75) is 31.7 Å². The SMILES string of the molecule is NCC1CCCN1C(=O)CCCOc1ccc(I)cc1. The lowest BCUT2D eigenvalue weighted by molar-refractivity contribution is -0.132. The van der Waals surface area contributed by atoms with Gasteiger partial charge >= 0.3 is 0 Å². The average molecular weight is 388 g/mol. The van der Waals surface area contributed by atoms with E-state index in [-0.39, 0.29) is 11.9 Å². The number of nitrogens with two attached hydrogens (primary N) is 1. The van der Waals surface area contributed by atoms with Crippen LogP contribution in [0.5, 0.6) is 5.75 Å². The summed E-state index contributed by atoms with van der Waals surface area (Å²) in [6, 6.07) is 8.18. The maximum Gasteiger partial charge on any atom is 0.222 e. The van der Waals surface area contributed by atoms with Crippen molar-refractivity contribution in [1.29, 1.82) is 0 Å². The van der Waals surface area contributed by atoms with Crippen LogP contribution in [0.25, 0.3) is 0 Å². The number of nitrogens with zero attached hydrogens (tertiary/aromatic N) is 1. The number of likely N-dealkylation sites (tertiary alicyclic amines) is 1. The van der Waals surface area contributed by atoms with Gasteiger partial charge in [-0.15, -0.1) is 0 Å². The van der Waals surface area contributed by atoms with Crippen molar-refractivity contribution in [2.24, 2.45) is 5.73 Å². The number of hydrogen-bond acceptors (Lipinski definition) is 3. The van der Waals surface area contributed by atoms with Gasteiger partial charge in [0.05, 0.1) is 6.61 Å². The number of carbonyl (C=O) groups is 1. The number of benzene rings is 1. The smallest absolute Gasteiger partial charge is 0.222 e. The Hall–Kier alpha value is -0.820. The van der Waals surface area contributed by atoms with Gasteiger partial charge in [0.2, 0.25) is 5.91 Å². The summed E-state index contributed by atoms with van der Waals surface area (Å²) in [5.74, 6) is 1.07. The predicted molar refractivity (Wildman–Crippen MR) is 87.7 cm³/mol. The summed E-state index contributed by atoms with van der Waals surface area (Å²) in [6.07, 6.45) is 3.41. The quantitative estimate of drug-likeness (QED) is 0.602. The van der Waals surface area contributed by atoms with E-state index in [0.29, 0.717) is 19.6 Å². The third-order valence-corrected chi connectivity index (χ3v) is 4.31. The summed E-state index contributed by atoms with van der Waals surface area (Å²) in [5, 5.41) is 0. The molecule has 0 aliphatic carbocycles. The van der Waals surface area contributed by atoms with Crippen LogP contribution < -0.4 is 10.5 Å². The zero-order chi connectivity index (χ0) is 14.4. The molecule has 1 aliphatic rings. The Morgan fingerprint density at radius 2 is 2.15 bits per heavy atom. The Morgan fingerprint density at radius 1 is 1.40 bits per heavy atom. The van der Waals surface area contributed by atoms with Crippen molar-refractivity contribution in [1.82, 2.24) is 4.90 Å². The second-order valence-corrected chi connectivity index (χ2v) is 6.27. The van der Waals surface area contributed by atoms with E-state index < -0.39 is 0 Å². The topological polar surface area (TPSA) is 55.6 Å².